The minimum absolute atomic E-state index is 0.106. The van der Waals surface area contributed by atoms with Gasteiger partial charge in [0.1, 0.15) is 0 Å². The van der Waals surface area contributed by atoms with Crippen molar-refractivity contribution in [1.29, 1.82) is 0 Å². The van der Waals surface area contributed by atoms with Crippen LogP contribution in [-0.4, -0.2) is 24.2 Å². The van der Waals surface area contributed by atoms with Crippen molar-refractivity contribution in [2.24, 2.45) is 0 Å². The van der Waals surface area contributed by atoms with Crippen LogP contribution in [0.1, 0.15) is 13.8 Å². The second-order valence-corrected chi connectivity index (χ2v) is 3.10. The molecule has 0 unspecified atom stereocenters. The standard InChI is InChI=1S/C7H14N2/c1-6-7(2,3)8-5-9(6)4/h8H,1,5H2,2-4H3. The smallest absolute Gasteiger partial charge is 0.0683 e. The third-order valence-electron chi connectivity index (χ3n) is 1.94. The molecule has 0 saturated carbocycles. The Morgan fingerprint density at radius 3 is 2.33 bits per heavy atom. The third kappa shape index (κ3) is 0.944. The molecule has 1 aliphatic heterocycles. The zero-order chi connectivity index (χ0) is 7.07. The second-order valence-electron chi connectivity index (χ2n) is 3.10. The highest BCUT2D eigenvalue weighted by atomic mass is 15.3. The number of hydrogen-bond acceptors (Lipinski definition) is 2. The quantitative estimate of drug-likeness (QED) is 0.516. The average Bonchev–Trinajstić information content (AvgIpc) is 1.97. The summed E-state index contributed by atoms with van der Waals surface area (Å²) in [6.45, 7) is 9.15. The van der Waals surface area contributed by atoms with Gasteiger partial charge in [0.2, 0.25) is 0 Å². The van der Waals surface area contributed by atoms with Gasteiger partial charge in [-0.2, -0.15) is 0 Å². The van der Waals surface area contributed by atoms with Crippen LogP contribution in [0.25, 0.3) is 0 Å². The molecule has 1 rings (SSSR count). The van der Waals surface area contributed by atoms with E-state index in [1.165, 1.54) is 5.70 Å². The molecule has 0 aromatic carbocycles. The van der Waals surface area contributed by atoms with E-state index >= 15 is 0 Å². The maximum absolute atomic E-state index is 3.95. The fourth-order valence-corrected chi connectivity index (χ4v) is 0.991. The van der Waals surface area contributed by atoms with Gasteiger partial charge in [0, 0.05) is 12.7 Å². The molecule has 0 bridgehead atoms. The maximum Gasteiger partial charge on any atom is 0.0683 e. The van der Waals surface area contributed by atoms with Crippen LogP contribution in [0.15, 0.2) is 12.3 Å². The molecule has 2 heteroatoms. The first-order valence-electron chi connectivity index (χ1n) is 3.19. The lowest BCUT2D eigenvalue weighted by atomic mass is 10.0. The molecule has 2 nitrogen and oxygen atoms in total. The van der Waals surface area contributed by atoms with Crippen LogP contribution in [0.4, 0.5) is 0 Å². The minimum atomic E-state index is 0.106. The Balaban J connectivity index is 2.74. The van der Waals surface area contributed by atoms with Gasteiger partial charge >= 0.3 is 0 Å². The third-order valence-corrected chi connectivity index (χ3v) is 1.94. The molecule has 0 atom stereocenters. The van der Waals surface area contributed by atoms with Crippen molar-refractivity contribution in [3.63, 3.8) is 0 Å². The van der Waals surface area contributed by atoms with E-state index in [-0.39, 0.29) is 5.54 Å². The zero-order valence-corrected chi connectivity index (χ0v) is 6.36. The molecule has 0 spiro atoms. The highest BCUT2D eigenvalue weighted by molar-refractivity contribution is 5.15. The van der Waals surface area contributed by atoms with Crippen LogP contribution in [-0.2, 0) is 0 Å². The normalized spacial score (nSPS) is 25.2. The summed E-state index contributed by atoms with van der Waals surface area (Å²) >= 11 is 0. The molecule has 9 heavy (non-hydrogen) atoms. The predicted molar refractivity (Wildman–Crippen MR) is 39.0 cm³/mol. The van der Waals surface area contributed by atoms with Crippen molar-refractivity contribution < 1.29 is 0 Å². The van der Waals surface area contributed by atoms with Crippen molar-refractivity contribution in [3.8, 4) is 0 Å². The fraction of sp³-hybridized carbons (Fsp3) is 0.714. The summed E-state index contributed by atoms with van der Waals surface area (Å²) < 4.78 is 0. The van der Waals surface area contributed by atoms with Gasteiger partial charge in [-0.1, -0.05) is 6.58 Å². The Morgan fingerprint density at radius 2 is 2.22 bits per heavy atom. The van der Waals surface area contributed by atoms with E-state index in [0.29, 0.717) is 0 Å². The summed E-state index contributed by atoms with van der Waals surface area (Å²) in [6.07, 6.45) is 0. The van der Waals surface area contributed by atoms with Crippen LogP contribution in [0.5, 0.6) is 0 Å². The van der Waals surface area contributed by atoms with E-state index in [4.69, 9.17) is 0 Å². The molecule has 0 radical (unpaired) electrons. The number of likely N-dealkylation sites (N-methyl/N-ethyl adjacent to an activating group) is 1. The fourth-order valence-electron chi connectivity index (χ4n) is 0.991. The lowest BCUT2D eigenvalue weighted by molar-refractivity contribution is 0.467. The number of rotatable bonds is 0. The van der Waals surface area contributed by atoms with E-state index in [1.54, 1.807) is 0 Å². The Labute approximate surface area is 56.5 Å². The van der Waals surface area contributed by atoms with Gasteiger partial charge in [0.15, 0.2) is 0 Å². The van der Waals surface area contributed by atoms with Crippen molar-refractivity contribution in [1.82, 2.24) is 10.2 Å². The van der Waals surface area contributed by atoms with Gasteiger partial charge < -0.3 is 4.90 Å². The second kappa shape index (κ2) is 1.74. The van der Waals surface area contributed by atoms with Gasteiger partial charge in [-0.25, -0.2) is 0 Å². The maximum atomic E-state index is 3.95. The summed E-state index contributed by atoms with van der Waals surface area (Å²) in [5, 5.41) is 3.32. The number of nitrogens with one attached hydrogen (secondary N) is 1. The van der Waals surface area contributed by atoms with Gasteiger partial charge in [-0.05, 0) is 13.8 Å². The van der Waals surface area contributed by atoms with Gasteiger partial charge in [0.25, 0.3) is 0 Å². The van der Waals surface area contributed by atoms with E-state index in [9.17, 15) is 0 Å². The van der Waals surface area contributed by atoms with Crippen LogP contribution in [0.3, 0.4) is 0 Å². The largest absolute Gasteiger partial charge is 0.364 e. The summed E-state index contributed by atoms with van der Waals surface area (Å²) in [5.41, 5.74) is 1.27. The lowest BCUT2D eigenvalue weighted by Crippen LogP contribution is -2.33. The van der Waals surface area contributed by atoms with Crippen molar-refractivity contribution >= 4 is 0 Å². The summed E-state index contributed by atoms with van der Waals surface area (Å²) in [7, 11) is 2.05. The van der Waals surface area contributed by atoms with Gasteiger partial charge in [-0.15, -0.1) is 0 Å². The molecule has 0 aromatic heterocycles. The molecular formula is C7H14N2. The number of hydrogen-bond donors (Lipinski definition) is 1. The van der Waals surface area contributed by atoms with Crippen LogP contribution >= 0.6 is 0 Å². The summed E-state index contributed by atoms with van der Waals surface area (Å²) in [6, 6.07) is 0. The van der Waals surface area contributed by atoms with Gasteiger partial charge in [0.05, 0.1) is 12.2 Å². The van der Waals surface area contributed by atoms with E-state index in [1.807, 2.05) is 7.05 Å². The van der Waals surface area contributed by atoms with Gasteiger partial charge in [-0.3, -0.25) is 5.32 Å². The van der Waals surface area contributed by atoms with E-state index in [2.05, 4.69) is 30.6 Å². The summed E-state index contributed by atoms with van der Waals surface area (Å²) in [5.74, 6) is 0. The average molecular weight is 126 g/mol. The molecule has 1 fully saturated rings. The molecule has 1 N–H and O–H groups in total. The van der Waals surface area contributed by atoms with Crippen LogP contribution < -0.4 is 5.32 Å². The van der Waals surface area contributed by atoms with Crippen molar-refractivity contribution in [2.45, 2.75) is 19.4 Å². The number of nitrogens with zero attached hydrogens (tertiary/aromatic N) is 1. The lowest BCUT2D eigenvalue weighted by Gasteiger charge is -2.19. The highest BCUT2D eigenvalue weighted by Gasteiger charge is 2.29. The zero-order valence-electron chi connectivity index (χ0n) is 6.36. The first kappa shape index (κ1) is 6.62. The minimum Gasteiger partial charge on any atom is -0.364 e. The van der Waals surface area contributed by atoms with Crippen LogP contribution in [0, 0.1) is 0 Å². The Bertz CT molecular complexity index is 138. The van der Waals surface area contributed by atoms with Crippen molar-refractivity contribution in [3.05, 3.63) is 12.3 Å². The first-order valence-corrected chi connectivity index (χ1v) is 3.19. The molecule has 52 valence electrons. The Morgan fingerprint density at radius 1 is 1.67 bits per heavy atom. The monoisotopic (exact) mass is 126 g/mol. The molecule has 0 aliphatic carbocycles. The topological polar surface area (TPSA) is 15.3 Å². The SMILES string of the molecule is C=C1N(C)CNC1(C)C. The highest BCUT2D eigenvalue weighted by Crippen LogP contribution is 2.21. The van der Waals surface area contributed by atoms with Crippen LogP contribution in [0.2, 0.25) is 0 Å². The Kier molecular flexibility index (Phi) is 1.28. The molecule has 1 heterocycles. The summed E-state index contributed by atoms with van der Waals surface area (Å²) in [4.78, 5) is 2.12. The Hall–Kier alpha value is -0.500. The van der Waals surface area contributed by atoms with Crippen molar-refractivity contribution in [2.75, 3.05) is 13.7 Å². The first-order chi connectivity index (χ1) is 4.04. The molecule has 0 amide bonds. The molecule has 0 aromatic rings. The molecular weight excluding hydrogens is 112 g/mol. The molecule has 1 aliphatic rings. The molecule has 1 saturated heterocycles. The predicted octanol–water partition coefficient (Wildman–Crippen LogP) is 0.771. The van der Waals surface area contributed by atoms with E-state index < -0.39 is 0 Å². The van der Waals surface area contributed by atoms with E-state index in [0.717, 1.165) is 6.67 Å².